The first-order chi connectivity index (χ1) is 21.9. The number of amides is 1. The van der Waals surface area contributed by atoms with Gasteiger partial charge in [0.25, 0.3) is 5.89 Å². The molecule has 0 aliphatic heterocycles. The number of anilines is 4. The minimum Gasteiger partial charge on any atom is -0.494 e. The summed E-state index contributed by atoms with van der Waals surface area (Å²) in [6.45, 7) is 11.2. The Balaban J connectivity index is 1.62. The molecule has 1 amide bonds. The summed E-state index contributed by atoms with van der Waals surface area (Å²) in [5, 5.41) is 15.9. The second-order valence-corrected chi connectivity index (χ2v) is 12.4. The lowest BCUT2D eigenvalue weighted by molar-refractivity contribution is -0.111. The lowest BCUT2D eigenvalue weighted by atomic mass is 9.97. The van der Waals surface area contributed by atoms with E-state index in [1.807, 2.05) is 79.4 Å². The standard InChI is InChI=1S/C34H41N9O3/c1-10-29(44)36-24-17-25(28(45-9)18-27(24)42(7)16-15-41(5)6)37-33-35-19-22(31-39-40-32(46-31)34(2,3)4)30(38-33)23-20-43(8)26-14-12-11-13-21(23)26/h10-14,17-20H,1,15-16H2,2-9H3,(H,36,44)(H,35,37,38). The highest BCUT2D eigenvalue weighted by Crippen LogP contribution is 2.40. The largest absolute Gasteiger partial charge is 0.494 e. The third-order valence-electron chi connectivity index (χ3n) is 7.54. The van der Waals surface area contributed by atoms with Gasteiger partial charge in [-0.3, -0.25) is 4.79 Å². The molecule has 2 N–H and O–H groups in total. The number of methoxy groups -OCH3 is 1. The molecule has 5 rings (SSSR count). The van der Waals surface area contributed by atoms with Gasteiger partial charge in [-0.15, -0.1) is 10.2 Å². The van der Waals surface area contributed by atoms with Crippen LogP contribution in [0.1, 0.15) is 26.7 Å². The van der Waals surface area contributed by atoms with Crippen LogP contribution in [0.3, 0.4) is 0 Å². The summed E-state index contributed by atoms with van der Waals surface area (Å²) in [4.78, 5) is 26.2. The fraction of sp³-hybridized carbons (Fsp3) is 0.324. The van der Waals surface area contributed by atoms with Crippen LogP contribution in [-0.4, -0.2) is 76.9 Å². The van der Waals surface area contributed by atoms with Gasteiger partial charge >= 0.3 is 0 Å². The average Bonchev–Trinajstić information content (AvgIpc) is 3.65. The number of likely N-dealkylation sites (N-methyl/N-ethyl adjacent to an activating group) is 2. The number of hydrogen-bond acceptors (Lipinski definition) is 10. The number of hydrogen-bond donors (Lipinski definition) is 2. The Bertz CT molecular complexity index is 1880. The lowest BCUT2D eigenvalue weighted by Gasteiger charge is -2.26. The second-order valence-electron chi connectivity index (χ2n) is 12.4. The van der Waals surface area contributed by atoms with Crippen molar-refractivity contribution in [3.63, 3.8) is 0 Å². The van der Waals surface area contributed by atoms with Crippen LogP contribution in [-0.2, 0) is 17.3 Å². The van der Waals surface area contributed by atoms with Gasteiger partial charge in [-0.05, 0) is 32.3 Å². The monoisotopic (exact) mass is 623 g/mol. The van der Waals surface area contributed by atoms with Gasteiger partial charge in [0, 0.05) is 67.5 Å². The van der Waals surface area contributed by atoms with Crippen molar-refractivity contribution >= 4 is 39.8 Å². The summed E-state index contributed by atoms with van der Waals surface area (Å²) in [6, 6.07) is 11.8. The molecule has 12 nitrogen and oxygen atoms in total. The third-order valence-corrected chi connectivity index (χ3v) is 7.54. The Morgan fingerprint density at radius 1 is 1.09 bits per heavy atom. The predicted molar refractivity (Wildman–Crippen MR) is 183 cm³/mol. The van der Waals surface area contributed by atoms with Gasteiger partial charge in [0.1, 0.15) is 5.75 Å². The second kappa shape index (κ2) is 13.0. The smallest absolute Gasteiger partial charge is 0.251 e. The SMILES string of the molecule is C=CC(=O)Nc1cc(Nc2ncc(-c3nnc(C(C)(C)C)o3)c(-c3cn(C)c4ccccc34)n2)c(OC)cc1N(C)CCN(C)C. The highest BCUT2D eigenvalue weighted by Gasteiger charge is 2.25. The molecule has 0 spiro atoms. The van der Waals surface area contributed by atoms with Crippen molar-refractivity contribution in [3.05, 3.63) is 67.3 Å². The maximum absolute atomic E-state index is 12.4. The van der Waals surface area contributed by atoms with E-state index in [1.165, 1.54) is 6.08 Å². The van der Waals surface area contributed by atoms with Crippen LogP contribution in [0.5, 0.6) is 5.75 Å². The Labute approximate surface area is 269 Å². The van der Waals surface area contributed by atoms with Gasteiger partial charge in [-0.2, -0.15) is 0 Å². The molecule has 2 aromatic carbocycles. The summed E-state index contributed by atoms with van der Waals surface area (Å²) in [5.41, 5.74) is 4.78. The average molecular weight is 624 g/mol. The first-order valence-corrected chi connectivity index (χ1v) is 14.9. The molecule has 3 heterocycles. The van der Waals surface area contributed by atoms with E-state index in [0.717, 1.165) is 35.2 Å². The van der Waals surface area contributed by atoms with Crippen molar-refractivity contribution in [1.29, 1.82) is 0 Å². The normalized spacial score (nSPS) is 11.6. The van der Waals surface area contributed by atoms with Gasteiger partial charge in [-0.25, -0.2) is 9.97 Å². The fourth-order valence-corrected chi connectivity index (χ4v) is 5.00. The topological polar surface area (TPSA) is 126 Å². The van der Waals surface area contributed by atoms with Gasteiger partial charge in [0.2, 0.25) is 17.7 Å². The molecule has 240 valence electrons. The van der Waals surface area contributed by atoms with Crippen LogP contribution in [0.4, 0.5) is 23.0 Å². The zero-order valence-electron chi connectivity index (χ0n) is 27.7. The lowest BCUT2D eigenvalue weighted by Crippen LogP contribution is -2.29. The van der Waals surface area contributed by atoms with Crippen LogP contribution in [0.2, 0.25) is 0 Å². The molecule has 0 saturated carbocycles. The molecule has 0 aliphatic carbocycles. The van der Waals surface area contributed by atoms with Crippen molar-refractivity contribution in [2.75, 3.05) is 56.9 Å². The number of fused-ring (bicyclic) bond motifs is 1. The first-order valence-electron chi connectivity index (χ1n) is 14.9. The predicted octanol–water partition coefficient (Wildman–Crippen LogP) is 5.86. The van der Waals surface area contributed by atoms with Crippen molar-refractivity contribution < 1.29 is 13.9 Å². The number of carbonyl (C=O) groups is 1. The van der Waals surface area contributed by atoms with E-state index in [-0.39, 0.29) is 11.3 Å². The Kier molecular flexibility index (Phi) is 9.10. The first kappa shape index (κ1) is 32.2. The summed E-state index contributed by atoms with van der Waals surface area (Å²) >= 11 is 0. The van der Waals surface area contributed by atoms with Gasteiger partial charge in [-0.1, -0.05) is 45.5 Å². The molecule has 0 bridgehead atoms. The van der Waals surface area contributed by atoms with Crippen molar-refractivity contribution in [1.82, 2.24) is 29.6 Å². The zero-order chi connectivity index (χ0) is 33.2. The molecule has 5 aromatic rings. The zero-order valence-corrected chi connectivity index (χ0v) is 27.7. The maximum atomic E-state index is 12.4. The van der Waals surface area contributed by atoms with E-state index < -0.39 is 0 Å². The van der Waals surface area contributed by atoms with Crippen molar-refractivity contribution in [3.8, 4) is 28.5 Å². The minimum absolute atomic E-state index is 0.315. The van der Waals surface area contributed by atoms with Gasteiger partial charge in [0.05, 0.1) is 35.4 Å². The van der Waals surface area contributed by atoms with E-state index in [1.54, 1.807) is 13.3 Å². The van der Waals surface area contributed by atoms with Crippen LogP contribution in [0.25, 0.3) is 33.6 Å². The van der Waals surface area contributed by atoms with Crippen molar-refractivity contribution in [2.24, 2.45) is 7.05 Å². The van der Waals surface area contributed by atoms with Crippen molar-refractivity contribution in [2.45, 2.75) is 26.2 Å². The highest BCUT2D eigenvalue weighted by molar-refractivity contribution is 6.02. The fourth-order valence-electron chi connectivity index (χ4n) is 5.00. The molecular formula is C34H41N9O3. The number of nitrogens with one attached hydrogen (secondary N) is 2. The molecule has 3 aromatic heterocycles. The summed E-state index contributed by atoms with van der Waals surface area (Å²) in [7, 11) is 9.59. The van der Waals surface area contributed by atoms with E-state index in [4.69, 9.17) is 14.1 Å². The van der Waals surface area contributed by atoms with E-state index >= 15 is 0 Å². The molecule has 46 heavy (non-hydrogen) atoms. The number of rotatable bonds is 11. The Morgan fingerprint density at radius 2 is 1.85 bits per heavy atom. The summed E-state index contributed by atoms with van der Waals surface area (Å²) in [6.07, 6.45) is 4.95. The number of carbonyl (C=O) groups excluding carboxylic acids is 1. The summed E-state index contributed by atoms with van der Waals surface area (Å²) in [5.74, 6) is 1.38. The Hall–Kier alpha value is -5.23. The van der Waals surface area contributed by atoms with Crippen LogP contribution in [0, 0.1) is 0 Å². The number of para-hydroxylation sites is 1. The molecule has 0 radical (unpaired) electrons. The molecule has 0 aliphatic rings. The van der Waals surface area contributed by atoms with Gasteiger partial charge in [0.15, 0.2) is 0 Å². The molecule has 0 atom stereocenters. The van der Waals surface area contributed by atoms with Crippen LogP contribution >= 0.6 is 0 Å². The molecule has 0 unspecified atom stereocenters. The maximum Gasteiger partial charge on any atom is 0.251 e. The minimum atomic E-state index is -0.327. The molecule has 0 fully saturated rings. The van der Waals surface area contributed by atoms with E-state index in [9.17, 15) is 4.79 Å². The molecule has 12 heteroatoms. The van der Waals surface area contributed by atoms with Crippen LogP contribution < -0.4 is 20.3 Å². The number of aromatic nitrogens is 5. The number of aryl methyl sites for hydroxylation is 1. The molecular weight excluding hydrogens is 582 g/mol. The molecule has 0 saturated heterocycles. The highest BCUT2D eigenvalue weighted by atomic mass is 16.5. The van der Waals surface area contributed by atoms with Gasteiger partial charge < -0.3 is 34.2 Å². The van der Waals surface area contributed by atoms with E-state index in [0.29, 0.717) is 46.1 Å². The summed E-state index contributed by atoms with van der Waals surface area (Å²) < 4.78 is 14.0. The third kappa shape index (κ3) is 6.71. The number of benzene rings is 2. The van der Waals surface area contributed by atoms with E-state index in [2.05, 4.69) is 58.9 Å². The quantitative estimate of drug-likeness (QED) is 0.173. The Morgan fingerprint density at radius 3 is 2.52 bits per heavy atom. The van der Waals surface area contributed by atoms with Crippen LogP contribution in [0.15, 0.2) is 65.9 Å². The number of nitrogens with zero attached hydrogens (tertiary/aromatic N) is 7. The number of ether oxygens (including phenoxy) is 1.